The van der Waals surface area contributed by atoms with Crippen LogP contribution in [0.25, 0.3) is 0 Å². The molecule has 0 aliphatic carbocycles. The number of amides is 1. The molecule has 7 heteroatoms. The van der Waals surface area contributed by atoms with E-state index in [2.05, 4.69) is 21.4 Å². The number of aryl methyl sites for hydroxylation is 2. The van der Waals surface area contributed by atoms with E-state index < -0.39 is 0 Å². The number of fused-ring (bicyclic) bond motifs is 1. The molecule has 0 radical (unpaired) electrons. The number of halogens is 1. The molecule has 150 valence electrons. The molecule has 1 aromatic carbocycles. The van der Waals surface area contributed by atoms with E-state index in [9.17, 15) is 4.79 Å². The van der Waals surface area contributed by atoms with Crippen LogP contribution in [0.1, 0.15) is 22.5 Å². The molecule has 1 amide bonds. The number of likely N-dealkylation sites (tertiary alicyclic amines) is 2. The molecule has 28 heavy (non-hydrogen) atoms. The molecule has 2 aromatic rings. The van der Waals surface area contributed by atoms with Crippen LogP contribution in [0.5, 0.6) is 0 Å². The molecule has 0 spiro atoms. The van der Waals surface area contributed by atoms with Crippen molar-refractivity contribution in [1.29, 1.82) is 0 Å². The number of rotatable bonds is 6. The molecule has 2 saturated heterocycles. The summed E-state index contributed by atoms with van der Waals surface area (Å²) in [5.41, 5.74) is 2.74. The highest BCUT2D eigenvalue weighted by Crippen LogP contribution is 2.31. The van der Waals surface area contributed by atoms with E-state index in [4.69, 9.17) is 11.6 Å². The Kier molecular flexibility index (Phi) is 5.60. The van der Waals surface area contributed by atoms with E-state index in [1.807, 2.05) is 37.2 Å². The van der Waals surface area contributed by atoms with Crippen molar-refractivity contribution < 1.29 is 4.79 Å². The lowest BCUT2D eigenvalue weighted by Gasteiger charge is -2.21. The molecule has 6 nitrogen and oxygen atoms in total. The van der Waals surface area contributed by atoms with Crippen LogP contribution < -0.4 is 5.32 Å². The highest BCUT2D eigenvalue weighted by molar-refractivity contribution is 6.31. The van der Waals surface area contributed by atoms with Crippen LogP contribution in [0.15, 0.2) is 30.5 Å². The second kappa shape index (κ2) is 8.13. The Bertz CT molecular complexity index is 837. The van der Waals surface area contributed by atoms with Crippen molar-refractivity contribution in [1.82, 2.24) is 19.6 Å². The topological polar surface area (TPSA) is 53.4 Å². The number of anilines is 1. The summed E-state index contributed by atoms with van der Waals surface area (Å²) in [6, 6.07) is 7.92. The monoisotopic (exact) mass is 401 g/mol. The van der Waals surface area contributed by atoms with Gasteiger partial charge in [-0.15, -0.1) is 0 Å². The highest BCUT2D eigenvalue weighted by atomic mass is 35.5. The molecular formula is C21H28ClN5O. The van der Waals surface area contributed by atoms with Gasteiger partial charge in [0.25, 0.3) is 5.91 Å². The van der Waals surface area contributed by atoms with Crippen LogP contribution in [0.3, 0.4) is 0 Å². The molecule has 1 N–H and O–H groups in total. The van der Waals surface area contributed by atoms with E-state index in [1.54, 1.807) is 10.7 Å². The number of hydrogen-bond acceptors (Lipinski definition) is 4. The Labute approximate surface area is 171 Å². The number of carbonyl (C=O) groups is 1. The Hall–Kier alpha value is -2.05. The summed E-state index contributed by atoms with van der Waals surface area (Å²) in [6.07, 6.45) is 2.92. The summed E-state index contributed by atoms with van der Waals surface area (Å²) in [4.78, 5) is 17.1. The van der Waals surface area contributed by atoms with Crippen LogP contribution >= 0.6 is 11.6 Å². The molecular weight excluding hydrogens is 374 g/mol. The Morgan fingerprint density at radius 2 is 1.96 bits per heavy atom. The van der Waals surface area contributed by atoms with Crippen molar-refractivity contribution in [3.05, 3.63) is 46.7 Å². The number of benzene rings is 1. The maximum absolute atomic E-state index is 12.6. The minimum absolute atomic E-state index is 0.0718. The van der Waals surface area contributed by atoms with Crippen LogP contribution in [-0.4, -0.2) is 64.8 Å². The van der Waals surface area contributed by atoms with Crippen molar-refractivity contribution in [2.24, 2.45) is 18.9 Å². The molecule has 2 aliphatic heterocycles. The summed E-state index contributed by atoms with van der Waals surface area (Å²) in [6.45, 7) is 7.94. The molecule has 0 bridgehead atoms. The molecule has 0 saturated carbocycles. The summed E-state index contributed by atoms with van der Waals surface area (Å²) in [7, 11) is 1.84. The first-order valence-electron chi connectivity index (χ1n) is 10.0. The van der Waals surface area contributed by atoms with Crippen LogP contribution in [0.4, 0.5) is 5.69 Å². The lowest BCUT2D eigenvalue weighted by molar-refractivity contribution is 0.0767. The average molecular weight is 402 g/mol. The lowest BCUT2D eigenvalue weighted by Crippen LogP contribution is -2.34. The fourth-order valence-electron chi connectivity index (χ4n) is 4.37. The van der Waals surface area contributed by atoms with Crippen molar-refractivity contribution in [2.45, 2.75) is 13.3 Å². The minimum atomic E-state index is 0.0718. The number of nitrogens with zero attached hydrogens (tertiary/aromatic N) is 4. The zero-order valence-corrected chi connectivity index (χ0v) is 17.3. The lowest BCUT2D eigenvalue weighted by atomic mass is 10.0. The molecule has 4 rings (SSSR count). The molecule has 3 heterocycles. The van der Waals surface area contributed by atoms with Gasteiger partial charge in [-0.2, -0.15) is 5.10 Å². The fourth-order valence-corrected chi connectivity index (χ4v) is 4.55. The summed E-state index contributed by atoms with van der Waals surface area (Å²) < 4.78 is 1.68. The zero-order chi connectivity index (χ0) is 19.7. The summed E-state index contributed by atoms with van der Waals surface area (Å²) in [5, 5.41) is 8.51. The maximum atomic E-state index is 12.6. The second-order valence-corrected chi connectivity index (χ2v) is 8.52. The largest absolute Gasteiger partial charge is 0.385 e. The van der Waals surface area contributed by atoms with Gasteiger partial charge in [-0.25, -0.2) is 0 Å². The third kappa shape index (κ3) is 4.18. The van der Waals surface area contributed by atoms with Crippen molar-refractivity contribution >= 4 is 23.2 Å². The van der Waals surface area contributed by atoms with Gasteiger partial charge in [-0.05, 0) is 55.5 Å². The predicted molar refractivity (Wildman–Crippen MR) is 112 cm³/mol. The third-order valence-corrected chi connectivity index (χ3v) is 6.34. The van der Waals surface area contributed by atoms with Crippen LogP contribution in [-0.2, 0) is 7.05 Å². The highest BCUT2D eigenvalue weighted by Gasteiger charge is 2.41. The first-order valence-corrected chi connectivity index (χ1v) is 10.4. The number of carbonyl (C=O) groups excluding carboxylic acids is 1. The van der Waals surface area contributed by atoms with Crippen molar-refractivity contribution in [3.63, 3.8) is 0 Å². The predicted octanol–water partition coefficient (Wildman–Crippen LogP) is 2.89. The van der Waals surface area contributed by atoms with Gasteiger partial charge in [0.15, 0.2) is 0 Å². The van der Waals surface area contributed by atoms with Crippen molar-refractivity contribution in [3.8, 4) is 0 Å². The van der Waals surface area contributed by atoms with Crippen molar-refractivity contribution in [2.75, 3.05) is 44.6 Å². The standard InChI is InChI=1S/C21H28ClN5O/c1-15-4-5-18(10-19(15)22)23-7-3-8-26-11-16-13-27(14-17(16)12-26)21(28)20-6-9-25(2)24-20/h4-6,9-10,16-17,23H,3,7-8,11-14H2,1-2H3. The van der Waals surface area contributed by atoms with Gasteiger partial charge in [0.1, 0.15) is 5.69 Å². The van der Waals surface area contributed by atoms with E-state index in [0.29, 0.717) is 17.5 Å². The van der Waals surface area contributed by atoms with Crippen LogP contribution in [0.2, 0.25) is 5.02 Å². The number of aromatic nitrogens is 2. The normalized spacial score (nSPS) is 21.9. The average Bonchev–Trinajstić information content (AvgIpc) is 3.35. The first kappa shape index (κ1) is 19.3. The third-order valence-electron chi connectivity index (χ3n) is 5.93. The van der Waals surface area contributed by atoms with Gasteiger partial charge < -0.3 is 15.1 Å². The van der Waals surface area contributed by atoms with Gasteiger partial charge in [-0.1, -0.05) is 17.7 Å². The van der Waals surface area contributed by atoms with Gasteiger partial charge in [0, 0.05) is 56.7 Å². The van der Waals surface area contributed by atoms with Gasteiger partial charge in [0.05, 0.1) is 0 Å². The van der Waals surface area contributed by atoms with Gasteiger partial charge in [0.2, 0.25) is 0 Å². The maximum Gasteiger partial charge on any atom is 0.274 e. The molecule has 1 aromatic heterocycles. The SMILES string of the molecule is Cc1ccc(NCCCN2CC3CN(C(=O)c4ccn(C)n4)CC3C2)cc1Cl. The van der Waals surface area contributed by atoms with E-state index in [1.165, 1.54) is 0 Å². The Morgan fingerprint density at radius 3 is 2.61 bits per heavy atom. The fraction of sp³-hybridized carbons (Fsp3) is 0.524. The Morgan fingerprint density at radius 1 is 1.21 bits per heavy atom. The molecule has 2 unspecified atom stereocenters. The minimum Gasteiger partial charge on any atom is -0.385 e. The zero-order valence-electron chi connectivity index (χ0n) is 16.6. The first-order chi connectivity index (χ1) is 13.5. The molecule has 2 fully saturated rings. The van der Waals surface area contributed by atoms with Crippen LogP contribution in [0, 0.1) is 18.8 Å². The number of nitrogens with one attached hydrogen (secondary N) is 1. The Balaban J connectivity index is 1.19. The molecule has 2 aliphatic rings. The smallest absolute Gasteiger partial charge is 0.274 e. The van der Waals surface area contributed by atoms with Gasteiger partial charge in [-0.3, -0.25) is 9.48 Å². The summed E-state index contributed by atoms with van der Waals surface area (Å²) in [5.74, 6) is 1.26. The quantitative estimate of drug-likeness (QED) is 0.756. The summed E-state index contributed by atoms with van der Waals surface area (Å²) >= 11 is 6.18. The molecule has 2 atom stereocenters. The number of hydrogen-bond donors (Lipinski definition) is 1. The van der Waals surface area contributed by atoms with Gasteiger partial charge >= 0.3 is 0 Å². The van der Waals surface area contributed by atoms with E-state index >= 15 is 0 Å². The van der Waals surface area contributed by atoms with E-state index in [0.717, 1.165) is 62.0 Å². The van der Waals surface area contributed by atoms with E-state index in [-0.39, 0.29) is 5.91 Å². The second-order valence-electron chi connectivity index (χ2n) is 8.11.